The van der Waals surface area contributed by atoms with Crippen LogP contribution in [0.15, 0.2) is 59.4 Å². The number of fused-ring (bicyclic) bond motifs is 1. The number of rotatable bonds is 3. The molecule has 7 heteroatoms. The van der Waals surface area contributed by atoms with Gasteiger partial charge in [-0.25, -0.2) is 0 Å². The molecule has 1 atom stereocenters. The highest BCUT2D eigenvalue weighted by Gasteiger charge is 2.32. The predicted molar refractivity (Wildman–Crippen MR) is 104 cm³/mol. The van der Waals surface area contributed by atoms with E-state index in [0.717, 1.165) is 23.0 Å². The Morgan fingerprint density at radius 3 is 3.00 bits per heavy atom. The number of amides is 1. The van der Waals surface area contributed by atoms with E-state index >= 15 is 0 Å². The summed E-state index contributed by atoms with van der Waals surface area (Å²) >= 11 is 0. The first-order chi connectivity index (χ1) is 13.7. The lowest BCUT2D eigenvalue weighted by molar-refractivity contribution is 0.0789. The summed E-state index contributed by atoms with van der Waals surface area (Å²) in [7, 11) is 1.94. The molecule has 0 radical (unpaired) electrons. The molecule has 140 valence electrons. The Hall–Kier alpha value is -3.48. The standard InChI is InChI=1S/C21H19N5O2/c1-25-10-3-5-18(25)19-23-20(28-24-19)16-8-11-26(13-16)21(27)15-6-7-17-14(12-15)4-2-9-22-17/h2-7,9-10,12,16H,8,11,13H2,1H3. The highest BCUT2D eigenvalue weighted by atomic mass is 16.5. The Bertz CT molecular complexity index is 1160. The predicted octanol–water partition coefficient (Wildman–Crippen LogP) is 3.25. The quantitative estimate of drug-likeness (QED) is 0.551. The van der Waals surface area contributed by atoms with Crippen molar-refractivity contribution in [2.75, 3.05) is 13.1 Å². The molecular formula is C21H19N5O2. The molecule has 7 nitrogen and oxygen atoms in total. The van der Waals surface area contributed by atoms with E-state index in [1.807, 2.05) is 65.2 Å². The molecule has 1 amide bonds. The van der Waals surface area contributed by atoms with Crippen LogP contribution in [0.1, 0.15) is 28.6 Å². The number of benzene rings is 1. The molecule has 1 aliphatic heterocycles. The van der Waals surface area contributed by atoms with E-state index in [-0.39, 0.29) is 11.8 Å². The number of hydrogen-bond donors (Lipinski definition) is 0. The number of carbonyl (C=O) groups excluding carboxylic acids is 1. The van der Waals surface area contributed by atoms with E-state index in [1.165, 1.54) is 0 Å². The van der Waals surface area contributed by atoms with Crippen LogP contribution in [0.4, 0.5) is 0 Å². The van der Waals surface area contributed by atoms with Gasteiger partial charge in [-0.3, -0.25) is 9.78 Å². The van der Waals surface area contributed by atoms with Crippen LogP contribution in [-0.2, 0) is 7.05 Å². The number of carbonyl (C=O) groups is 1. The van der Waals surface area contributed by atoms with Gasteiger partial charge in [0.2, 0.25) is 11.7 Å². The van der Waals surface area contributed by atoms with Crippen molar-refractivity contribution in [1.29, 1.82) is 0 Å². The first-order valence-electron chi connectivity index (χ1n) is 9.28. The van der Waals surface area contributed by atoms with E-state index in [4.69, 9.17) is 4.52 Å². The Morgan fingerprint density at radius 2 is 2.14 bits per heavy atom. The van der Waals surface area contributed by atoms with Crippen LogP contribution in [0, 0.1) is 0 Å². The minimum absolute atomic E-state index is 0.0235. The van der Waals surface area contributed by atoms with Gasteiger partial charge < -0.3 is 14.0 Å². The molecule has 0 N–H and O–H groups in total. The maximum atomic E-state index is 12.9. The van der Waals surface area contributed by atoms with Crippen molar-refractivity contribution in [3.05, 3.63) is 66.3 Å². The Balaban J connectivity index is 1.33. The molecular weight excluding hydrogens is 354 g/mol. The summed E-state index contributed by atoms with van der Waals surface area (Å²) in [5, 5.41) is 5.07. The Kier molecular flexibility index (Phi) is 3.93. The zero-order valence-corrected chi connectivity index (χ0v) is 15.4. The maximum Gasteiger partial charge on any atom is 0.253 e. The van der Waals surface area contributed by atoms with E-state index in [9.17, 15) is 4.79 Å². The van der Waals surface area contributed by atoms with E-state index in [0.29, 0.717) is 30.4 Å². The van der Waals surface area contributed by atoms with Crippen LogP contribution in [0.5, 0.6) is 0 Å². The van der Waals surface area contributed by atoms with Crippen LogP contribution in [0.3, 0.4) is 0 Å². The highest BCUT2D eigenvalue weighted by molar-refractivity contribution is 5.98. The van der Waals surface area contributed by atoms with E-state index < -0.39 is 0 Å². The number of aryl methyl sites for hydroxylation is 1. The van der Waals surface area contributed by atoms with Crippen molar-refractivity contribution < 1.29 is 9.32 Å². The number of nitrogens with zero attached hydrogens (tertiary/aromatic N) is 5. The van der Waals surface area contributed by atoms with Crippen molar-refractivity contribution in [2.24, 2.45) is 7.05 Å². The van der Waals surface area contributed by atoms with Gasteiger partial charge >= 0.3 is 0 Å². The fraction of sp³-hybridized carbons (Fsp3) is 0.238. The molecule has 0 saturated carbocycles. The smallest absolute Gasteiger partial charge is 0.253 e. The summed E-state index contributed by atoms with van der Waals surface area (Å²) in [4.78, 5) is 23.7. The van der Waals surface area contributed by atoms with Crippen LogP contribution in [-0.4, -0.2) is 43.6 Å². The molecule has 1 saturated heterocycles. The molecule has 4 heterocycles. The highest BCUT2D eigenvalue weighted by Crippen LogP contribution is 2.29. The fourth-order valence-corrected chi connectivity index (χ4v) is 3.74. The second-order valence-electron chi connectivity index (χ2n) is 7.11. The molecule has 1 unspecified atom stereocenters. The fourth-order valence-electron chi connectivity index (χ4n) is 3.74. The molecule has 1 aromatic carbocycles. The van der Waals surface area contributed by atoms with Crippen LogP contribution in [0.25, 0.3) is 22.4 Å². The van der Waals surface area contributed by atoms with Gasteiger partial charge in [0, 0.05) is 43.5 Å². The number of hydrogen-bond acceptors (Lipinski definition) is 5. The van der Waals surface area contributed by atoms with E-state index in [1.54, 1.807) is 6.20 Å². The SMILES string of the molecule is Cn1cccc1-c1noc(C2CCN(C(=O)c3ccc4ncccc4c3)C2)n1. The monoisotopic (exact) mass is 373 g/mol. The molecule has 4 aromatic rings. The number of likely N-dealkylation sites (tertiary alicyclic amines) is 1. The van der Waals surface area contributed by atoms with Gasteiger partial charge in [0.15, 0.2) is 0 Å². The molecule has 3 aromatic heterocycles. The summed E-state index contributed by atoms with van der Waals surface area (Å²) in [5.41, 5.74) is 2.47. The topological polar surface area (TPSA) is 77.0 Å². The summed E-state index contributed by atoms with van der Waals surface area (Å²) in [6.45, 7) is 1.26. The summed E-state index contributed by atoms with van der Waals surface area (Å²) in [6, 6.07) is 13.4. The third-order valence-corrected chi connectivity index (χ3v) is 5.29. The van der Waals surface area contributed by atoms with Gasteiger partial charge in [0.1, 0.15) is 0 Å². The molecule has 28 heavy (non-hydrogen) atoms. The molecule has 1 aliphatic rings. The molecule has 0 aliphatic carbocycles. The minimum atomic E-state index is 0.0235. The summed E-state index contributed by atoms with van der Waals surface area (Å²) < 4.78 is 7.45. The average molecular weight is 373 g/mol. The zero-order chi connectivity index (χ0) is 19.1. The zero-order valence-electron chi connectivity index (χ0n) is 15.4. The first-order valence-corrected chi connectivity index (χ1v) is 9.28. The largest absolute Gasteiger partial charge is 0.348 e. The molecule has 0 bridgehead atoms. The Morgan fingerprint density at radius 1 is 1.21 bits per heavy atom. The molecule has 1 fully saturated rings. The number of aromatic nitrogens is 4. The average Bonchev–Trinajstić information content (AvgIpc) is 3.47. The third-order valence-electron chi connectivity index (χ3n) is 5.29. The van der Waals surface area contributed by atoms with Crippen molar-refractivity contribution in [3.8, 4) is 11.5 Å². The van der Waals surface area contributed by atoms with Gasteiger partial charge in [0.25, 0.3) is 5.91 Å². The number of pyridine rings is 1. The first kappa shape index (κ1) is 16.7. The lowest BCUT2D eigenvalue weighted by Crippen LogP contribution is -2.28. The second-order valence-corrected chi connectivity index (χ2v) is 7.11. The van der Waals surface area contributed by atoms with Gasteiger partial charge in [0.05, 0.1) is 17.1 Å². The summed E-state index contributed by atoms with van der Waals surface area (Å²) in [5.74, 6) is 1.26. The van der Waals surface area contributed by atoms with Gasteiger partial charge in [-0.15, -0.1) is 0 Å². The van der Waals surface area contributed by atoms with Gasteiger partial charge in [-0.2, -0.15) is 4.98 Å². The minimum Gasteiger partial charge on any atom is -0.348 e. The lowest BCUT2D eigenvalue weighted by atomic mass is 10.1. The van der Waals surface area contributed by atoms with Gasteiger partial charge in [-0.1, -0.05) is 11.2 Å². The van der Waals surface area contributed by atoms with Gasteiger partial charge in [-0.05, 0) is 42.8 Å². The van der Waals surface area contributed by atoms with Crippen LogP contribution in [0.2, 0.25) is 0 Å². The lowest BCUT2D eigenvalue weighted by Gasteiger charge is -2.16. The summed E-state index contributed by atoms with van der Waals surface area (Å²) in [6.07, 6.45) is 4.51. The normalized spacial score (nSPS) is 16.8. The van der Waals surface area contributed by atoms with Crippen molar-refractivity contribution in [2.45, 2.75) is 12.3 Å². The van der Waals surface area contributed by atoms with Crippen molar-refractivity contribution >= 4 is 16.8 Å². The van der Waals surface area contributed by atoms with Crippen LogP contribution < -0.4 is 0 Å². The molecule has 0 spiro atoms. The molecule has 5 rings (SSSR count). The second kappa shape index (κ2) is 6.60. The Labute approximate surface area is 161 Å². The maximum absolute atomic E-state index is 12.9. The van der Waals surface area contributed by atoms with Crippen molar-refractivity contribution in [3.63, 3.8) is 0 Å². The van der Waals surface area contributed by atoms with Crippen molar-refractivity contribution in [1.82, 2.24) is 24.6 Å². The van der Waals surface area contributed by atoms with E-state index in [2.05, 4.69) is 15.1 Å². The van der Waals surface area contributed by atoms with Crippen LogP contribution >= 0.6 is 0 Å². The third kappa shape index (κ3) is 2.85.